The van der Waals surface area contributed by atoms with Crippen LogP contribution in [0.3, 0.4) is 0 Å². The Morgan fingerprint density at radius 3 is 2.15 bits per heavy atom. The van der Waals surface area contributed by atoms with Crippen LogP contribution < -0.4 is 10.9 Å². The van der Waals surface area contributed by atoms with Gasteiger partial charge >= 0.3 is 11.9 Å². The minimum atomic E-state index is -1.04. The Labute approximate surface area is 75.9 Å². The van der Waals surface area contributed by atoms with Gasteiger partial charge < -0.3 is 10.2 Å². The van der Waals surface area contributed by atoms with Gasteiger partial charge in [0.15, 0.2) is 0 Å². The number of nitrogens with one attached hydrogen (secondary N) is 2. The van der Waals surface area contributed by atoms with Crippen molar-refractivity contribution in [2.45, 2.75) is 19.9 Å². The molecule has 0 aliphatic rings. The van der Waals surface area contributed by atoms with Crippen LogP contribution in [0, 0.1) is 5.92 Å². The molecule has 0 fully saturated rings. The van der Waals surface area contributed by atoms with Gasteiger partial charge in [0.2, 0.25) is 0 Å². The molecule has 0 saturated carbocycles. The molecule has 0 bridgehead atoms. The van der Waals surface area contributed by atoms with Crippen molar-refractivity contribution in [3.63, 3.8) is 0 Å². The zero-order chi connectivity index (χ0) is 10.4. The number of carbonyl (C=O) groups is 2. The van der Waals surface area contributed by atoms with Crippen LogP contribution in [0.4, 0.5) is 0 Å². The molecule has 1 atom stereocenters. The maximum absolute atomic E-state index is 10.6. The van der Waals surface area contributed by atoms with Crippen molar-refractivity contribution in [2.75, 3.05) is 6.54 Å². The molecular weight excluding hydrogens is 176 g/mol. The van der Waals surface area contributed by atoms with Gasteiger partial charge in [0.05, 0.1) is 0 Å². The van der Waals surface area contributed by atoms with Crippen LogP contribution in [0.1, 0.15) is 13.8 Å². The van der Waals surface area contributed by atoms with Gasteiger partial charge in [0, 0.05) is 0 Å². The molecule has 0 amide bonds. The van der Waals surface area contributed by atoms with E-state index in [-0.39, 0.29) is 12.5 Å². The van der Waals surface area contributed by atoms with E-state index in [9.17, 15) is 9.59 Å². The molecule has 0 aliphatic heterocycles. The van der Waals surface area contributed by atoms with E-state index in [0.29, 0.717) is 0 Å². The monoisotopic (exact) mass is 190 g/mol. The first-order valence-corrected chi connectivity index (χ1v) is 3.88. The fourth-order valence-corrected chi connectivity index (χ4v) is 0.750. The van der Waals surface area contributed by atoms with Gasteiger partial charge in [-0.25, -0.2) is 10.9 Å². The Kier molecular flexibility index (Phi) is 5.01. The number of aliphatic carboxylic acids is 2. The van der Waals surface area contributed by atoms with Crippen LogP contribution in [0.25, 0.3) is 0 Å². The second kappa shape index (κ2) is 5.50. The van der Waals surface area contributed by atoms with Gasteiger partial charge in [-0.1, -0.05) is 13.8 Å². The molecule has 6 heteroatoms. The van der Waals surface area contributed by atoms with E-state index in [1.807, 2.05) is 0 Å². The maximum Gasteiger partial charge on any atom is 0.322 e. The summed E-state index contributed by atoms with van der Waals surface area (Å²) in [6, 6.07) is -0.778. The fraction of sp³-hybridized carbons (Fsp3) is 0.714. The highest BCUT2D eigenvalue weighted by atomic mass is 16.4. The topological polar surface area (TPSA) is 98.7 Å². The zero-order valence-corrected chi connectivity index (χ0v) is 7.57. The number of hydrazine groups is 1. The van der Waals surface area contributed by atoms with E-state index in [2.05, 4.69) is 10.9 Å². The lowest BCUT2D eigenvalue weighted by molar-refractivity contribution is -0.142. The molecule has 0 rings (SSSR count). The Morgan fingerprint density at radius 2 is 1.85 bits per heavy atom. The summed E-state index contributed by atoms with van der Waals surface area (Å²) < 4.78 is 0. The Morgan fingerprint density at radius 1 is 1.31 bits per heavy atom. The SMILES string of the molecule is CC(C)[C@H](NNCC(=O)O)C(=O)O. The first-order valence-electron chi connectivity index (χ1n) is 3.88. The van der Waals surface area contributed by atoms with Crippen LogP contribution in [0.15, 0.2) is 0 Å². The first-order chi connectivity index (χ1) is 5.95. The molecule has 0 aromatic rings. The minimum absolute atomic E-state index is 0.112. The van der Waals surface area contributed by atoms with Gasteiger partial charge in [0.25, 0.3) is 0 Å². The molecule has 0 saturated heterocycles. The van der Waals surface area contributed by atoms with Gasteiger partial charge in [-0.05, 0) is 5.92 Å². The first kappa shape index (κ1) is 11.9. The number of hydrogen-bond donors (Lipinski definition) is 4. The molecule has 13 heavy (non-hydrogen) atoms. The summed E-state index contributed by atoms with van der Waals surface area (Å²) in [4.78, 5) is 20.6. The van der Waals surface area contributed by atoms with Crippen molar-refractivity contribution in [2.24, 2.45) is 5.92 Å². The van der Waals surface area contributed by atoms with Crippen molar-refractivity contribution in [3.05, 3.63) is 0 Å². The Balaban J connectivity index is 3.84. The van der Waals surface area contributed by atoms with E-state index in [1.165, 1.54) is 0 Å². The summed E-state index contributed by atoms with van der Waals surface area (Å²) in [5, 5.41) is 16.9. The maximum atomic E-state index is 10.6. The van der Waals surface area contributed by atoms with Crippen molar-refractivity contribution < 1.29 is 19.8 Å². The quantitative estimate of drug-likeness (QED) is 0.412. The molecule has 0 heterocycles. The Hall–Kier alpha value is -1.14. The molecule has 6 nitrogen and oxygen atoms in total. The summed E-state index contributed by atoms with van der Waals surface area (Å²) in [5.41, 5.74) is 4.74. The lowest BCUT2D eigenvalue weighted by atomic mass is 10.1. The van der Waals surface area contributed by atoms with Crippen LogP contribution in [0.2, 0.25) is 0 Å². The van der Waals surface area contributed by atoms with Crippen LogP contribution in [-0.4, -0.2) is 34.7 Å². The van der Waals surface area contributed by atoms with Crippen LogP contribution in [0.5, 0.6) is 0 Å². The highest BCUT2D eigenvalue weighted by molar-refractivity contribution is 5.73. The predicted octanol–water partition coefficient (Wildman–Crippen LogP) is -0.726. The predicted molar refractivity (Wildman–Crippen MR) is 45.0 cm³/mol. The lowest BCUT2D eigenvalue weighted by Crippen LogP contribution is -2.49. The highest BCUT2D eigenvalue weighted by Crippen LogP contribution is 1.99. The fourth-order valence-electron chi connectivity index (χ4n) is 0.750. The van der Waals surface area contributed by atoms with E-state index in [4.69, 9.17) is 10.2 Å². The third-order valence-corrected chi connectivity index (χ3v) is 1.43. The molecule has 76 valence electrons. The van der Waals surface area contributed by atoms with Gasteiger partial charge in [-0.15, -0.1) is 0 Å². The summed E-state index contributed by atoms with van der Waals surface area (Å²) in [7, 11) is 0. The molecule has 0 radical (unpaired) electrons. The van der Waals surface area contributed by atoms with Crippen LogP contribution >= 0.6 is 0 Å². The van der Waals surface area contributed by atoms with Crippen molar-refractivity contribution in [1.29, 1.82) is 0 Å². The Bertz CT molecular complexity index is 193. The van der Waals surface area contributed by atoms with Gasteiger partial charge in [0.1, 0.15) is 12.6 Å². The third-order valence-electron chi connectivity index (χ3n) is 1.43. The second-order valence-electron chi connectivity index (χ2n) is 2.95. The van der Waals surface area contributed by atoms with Gasteiger partial charge in [-0.2, -0.15) is 0 Å². The van der Waals surface area contributed by atoms with E-state index in [0.717, 1.165) is 0 Å². The van der Waals surface area contributed by atoms with E-state index >= 15 is 0 Å². The van der Waals surface area contributed by atoms with Crippen molar-refractivity contribution in [3.8, 4) is 0 Å². The van der Waals surface area contributed by atoms with E-state index in [1.54, 1.807) is 13.8 Å². The van der Waals surface area contributed by atoms with Crippen molar-refractivity contribution in [1.82, 2.24) is 10.9 Å². The zero-order valence-electron chi connectivity index (χ0n) is 7.57. The van der Waals surface area contributed by atoms with Crippen LogP contribution in [-0.2, 0) is 9.59 Å². The summed E-state index contributed by atoms with van der Waals surface area (Å²) in [6.07, 6.45) is 0. The summed E-state index contributed by atoms with van der Waals surface area (Å²) in [5.74, 6) is -2.16. The average Bonchev–Trinajstić information content (AvgIpc) is 1.95. The largest absolute Gasteiger partial charge is 0.480 e. The smallest absolute Gasteiger partial charge is 0.322 e. The summed E-state index contributed by atoms with van der Waals surface area (Å²) >= 11 is 0. The van der Waals surface area contributed by atoms with Crippen molar-refractivity contribution >= 4 is 11.9 Å². The molecule has 0 aromatic heterocycles. The standard InChI is InChI=1S/C7H14N2O4/c1-4(2)6(7(12)13)9-8-3-5(10)11/h4,6,8-9H,3H2,1-2H3,(H,10,11)(H,12,13)/t6-/m0/s1. The second-order valence-corrected chi connectivity index (χ2v) is 2.95. The molecule has 4 N–H and O–H groups in total. The molecule has 0 spiro atoms. The number of carboxylic acid groups (broad SMARTS) is 2. The molecule has 0 aliphatic carbocycles. The number of carboxylic acids is 2. The number of hydrogen-bond acceptors (Lipinski definition) is 4. The van der Waals surface area contributed by atoms with E-state index < -0.39 is 18.0 Å². The molecule has 0 aromatic carbocycles. The minimum Gasteiger partial charge on any atom is -0.480 e. The number of rotatable bonds is 6. The van der Waals surface area contributed by atoms with Gasteiger partial charge in [-0.3, -0.25) is 9.59 Å². The average molecular weight is 190 g/mol. The normalized spacial score (nSPS) is 12.8. The molecular formula is C7H14N2O4. The molecule has 0 unspecified atom stereocenters. The third kappa shape index (κ3) is 5.15. The summed E-state index contributed by atoms with van der Waals surface area (Å²) in [6.45, 7) is 3.15. The highest BCUT2D eigenvalue weighted by Gasteiger charge is 2.20. The lowest BCUT2D eigenvalue weighted by Gasteiger charge is -2.17.